The van der Waals surface area contributed by atoms with Gasteiger partial charge in [0, 0.05) is 31.8 Å². The van der Waals surface area contributed by atoms with E-state index >= 15 is 0 Å². The maximum atomic E-state index is 12.1. The number of amides is 2. The normalized spacial score (nSPS) is 17.2. The zero-order valence-electron chi connectivity index (χ0n) is 14.2. The van der Waals surface area contributed by atoms with Gasteiger partial charge in [0.2, 0.25) is 17.7 Å². The molecule has 0 unspecified atom stereocenters. The fourth-order valence-corrected chi connectivity index (χ4v) is 2.54. The fraction of sp³-hybridized carbons (Fsp3) is 0.750. The average Bonchev–Trinajstić information content (AvgIpc) is 2.91. The second kappa shape index (κ2) is 8.08. The first-order valence-electron chi connectivity index (χ1n) is 8.38. The number of carbonyl (C=O) groups excluding carboxylic acids is 2. The molecule has 2 rings (SSSR count). The van der Waals surface area contributed by atoms with Crippen molar-refractivity contribution in [2.45, 2.75) is 64.8 Å². The molecule has 23 heavy (non-hydrogen) atoms. The molecule has 2 amide bonds. The average molecular weight is 322 g/mol. The third-order valence-corrected chi connectivity index (χ3v) is 4.00. The van der Waals surface area contributed by atoms with Crippen molar-refractivity contribution in [1.29, 1.82) is 0 Å². The molecule has 1 aromatic rings. The Morgan fingerprint density at radius 1 is 1.30 bits per heavy atom. The third kappa shape index (κ3) is 5.04. The van der Waals surface area contributed by atoms with Crippen molar-refractivity contribution in [3.8, 4) is 0 Å². The number of nitrogens with zero attached hydrogens (tertiary/aromatic N) is 3. The molecule has 1 N–H and O–H groups in total. The molecule has 2 heterocycles. The number of aromatic nitrogens is 2. The maximum absolute atomic E-state index is 12.1. The molecule has 1 atom stereocenters. The Bertz CT molecular complexity index is 541. The number of nitrogens with one attached hydrogen (secondary N) is 1. The number of hydrogen-bond acceptors (Lipinski definition) is 5. The monoisotopic (exact) mass is 322 g/mol. The van der Waals surface area contributed by atoms with Gasteiger partial charge in [0.05, 0.1) is 0 Å². The van der Waals surface area contributed by atoms with Crippen LogP contribution in [0.2, 0.25) is 0 Å². The van der Waals surface area contributed by atoms with E-state index in [1.807, 2.05) is 20.8 Å². The molecule has 0 aromatic carbocycles. The van der Waals surface area contributed by atoms with E-state index in [9.17, 15) is 9.59 Å². The lowest BCUT2D eigenvalue weighted by Gasteiger charge is -2.20. The van der Waals surface area contributed by atoms with Gasteiger partial charge in [-0.05, 0) is 19.8 Å². The minimum atomic E-state index is -0.331. The molecule has 0 saturated carbocycles. The number of likely N-dealkylation sites (tertiary alicyclic amines) is 1. The number of hydrogen-bond donors (Lipinski definition) is 1. The van der Waals surface area contributed by atoms with Crippen molar-refractivity contribution in [1.82, 2.24) is 20.4 Å². The number of rotatable bonds is 6. The topological polar surface area (TPSA) is 88.3 Å². The Kier molecular flexibility index (Phi) is 6.12. The second-order valence-electron chi connectivity index (χ2n) is 6.38. The van der Waals surface area contributed by atoms with Gasteiger partial charge in [-0.15, -0.1) is 0 Å². The van der Waals surface area contributed by atoms with Gasteiger partial charge >= 0.3 is 0 Å². The van der Waals surface area contributed by atoms with E-state index in [0.717, 1.165) is 25.8 Å². The standard InChI is InChI=1S/C16H26N4O3/c1-11(2)15-18-16(23-19-15)12(3)17-13(21)8-10-20-9-6-4-5-7-14(20)22/h11-12H,4-10H2,1-3H3,(H,17,21)/t12-/m1/s1. The highest BCUT2D eigenvalue weighted by molar-refractivity contribution is 5.79. The predicted octanol–water partition coefficient (Wildman–Crippen LogP) is 2.16. The summed E-state index contributed by atoms with van der Waals surface area (Å²) in [6.45, 7) is 7.00. The molecule has 1 aliphatic rings. The first-order chi connectivity index (χ1) is 11.0. The van der Waals surface area contributed by atoms with E-state index in [0.29, 0.717) is 31.1 Å². The highest BCUT2D eigenvalue weighted by Crippen LogP contribution is 2.15. The van der Waals surface area contributed by atoms with E-state index in [1.165, 1.54) is 0 Å². The molecule has 128 valence electrons. The van der Waals surface area contributed by atoms with Crippen LogP contribution in [0.4, 0.5) is 0 Å². The minimum Gasteiger partial charge on any atom is -0.345 e. The Morgan fingerprint density at radius 2 is 2.09 bits per heavy atom. The summed E-state index contributed by atoms with van der Waals surface area (Å²) in [7, 11) is 0. The lowest BCUT2D eigenvalue weighted by Crippen LogP contribution is -2.35. The Balaban J connectivity index is 1.80. The van der Waals surface area contributed by atoms with Gasteiger partial charge < -0.3 is 14.7 Å². The zero-order chi connectivity index (χ0) is 16.8. The van der Waals surface area contributed by atoms with Gasteiger partial charge in [-0.1, -0.05) is 25.4 Å². The van der Waals surface area contributed by atoms with Crippen LogP contribution in [0, 0.1) is 0 Å². The lowest BCUT2D eigenvalue weighted by molar-refractivity contribution is -0.131. The molecule has 0 bridgehead atoms. The molecule has 0 radical (unpaired) electrons. The largest absolute Gasteiger partial charge is 0.345 e. The summed E-state index contributed by atoms with van der Waals surface area (Å²) in [4.78, 5) is 30.0. The summed E-state index contributed by atoms with van der Waals surface area (Å²) in [5.74, 6) is 1.27. The summed E-state index contributed by atoms with van der Waals surface area (Å²) >= 11 is 0. The fourth-order valence-electron chi connectivity index (χ4n) is 2.54. The van der Waals surface area contributed by atoms with Crippen LogP contribution in [-0.4, -0.2) is 39.9 Å². The van der Waals surface area contributed by atoms with Gasteiger partial charge in [-0.3, -0.25) is 9.59 Å². The summed E-state index contributed by atoms with van der Waals surface area (Å²) in [5, 5.41) is 6.74. The lowest BCUT2D eigenvalue weighted by atomic mass is 10.2. The molecule has 1 fully saturated rings. The van der Waals surface area contributed by atoms with E-state index in [1.54, 1.807) is 4.90 Å². The van der Waals surface area contributed by atoms with E-state index in [2.05, 4.69) is 15.5 Å². The second-order valence-corrected chi connectivity index (χ2v) is 6.38. The molecule has 1 aliphatic heterocycles. The molecule has 1 saturated heterocycles. The summed E-state index contributed by atoms with van der Waals surface area (Å²) < 4.78 is 5.18. The minimum absolute atomic E-state index is 0.112. The molecule has 0 spiro atoms. The van der Waals surface area contributed by atoms with Crippen molar-refractivity contribution < 1.29 is 14.1 Å². The van der Waals surface area contributed by atoms with Gasteiger partial charge in [-0.25, -0.2) is 0 Å². The van der Waals surface area contributed by atoms with Crippen molar-refractivity contribution in [2.24, 2.45) is 0 Å². The molecule has 0 aliphatic carbocycles. The van der Waals surface area contributed by atoms with Crippen LogP contribution in [0.1, 0.15) is 76.6 Å². The number of carbonyl (C=O) groups is 2. The van der Waals surface area contributed by atoms with Crippen molar-refractivity contribution in [3.63, 3.8) is 0 Å². The van der Waals surface area contributed by atoms with Gasteiger partial charge in [0.1, 0.15) is 6.04 Å². The SMILES string of the molecule is CC(C)c1noc([C@@H](C)NC(=O)CCN2CCCCCC2=O)n1. The van der Waals surface area contributed by atoms with Gasteiger partial charge in [-0.2, -0.15) is 4.98 Å². The summed E-state index contributed by atoms with van der Waals surface area (Å²) in [6.07, 6.45) is 3.94. The highest BCUT2D eigenvalue weighted by atomic mass is 16.5. The van der Waals surface area contributed by atoms with Crippen LogP contribution >= 0.6 is 0 Å². The maximum Gasteiger partial charge on any atom is 0.248 e. The first-order valence-corrected chi connectivity index (χ1v) is 8.38. The smallest absolute Gasteiger partial charge is 0.248 e. The summed E-state index contributed by atoms with van der Waals surface area (Å²) in [6, 6.07) is -0.331. The molecule has 7 heteroatoms. The third-order valence-electron chi connectivity index (χ3n) is 4.00. The first kappa shape index (κ1) is 17.4. The molecular weight excluding hydrogens is 296 g/mol. The molecule has 1 aromatic heterocycles. The summed E-state index contributed by atoms with van der Waals surface area (Å²) in [5.41, 5.74) is 0. The van der Waals surface area contributed by atoms with Gasteiger partial charge in [0.25, 0.3) is 0 Å². The van der Waals surface area contributed by atoms with Gasteiger partial charge in [0.15, 0.2) is 5.82 Å². The highest BCUT2D eigenvalue weighted by Gasteiger charge is 2.20. The predicted molar refractivity (Wildman–Crippen MR) is 84.6 cm³/mol. The van der Waals surface area contributed by atoms with E-state index in [-0.39, 0.29) is 23.8 Å². The van der Waals surface area contributed by atoms with Crippen LogP contribution < -0.4 is 5.32 Å². The van der Waals surface area contributed by atoms with Crippen molar-refractivity contribution >= 4 is 11.8 Å². The Hall–Kier alpha value is -1.92. The van der Waals surface area contributed by atoms with Crippen molar-refractivity contribution in [2.75, 3.05) is 13.1 Å². The van der Waals surface area contributed by atoms with E-state index in [4.69, 9.17) is 4.52 Å². The quantitative estimate of drug-likeness (QED) is 0.867. The van der Waals surface area contributed by atoms with Crippen molar-refractivity contribution in [3.05, 3.63) is 11.7 Å². The molecule has 7 nitrogen and oxygen atoms in total. The van der Waals surface area contributed by atoms with Crippen LogP contribution in [0.15, 0.2) is 4.52 Å². The van der Waals surface area contributed by atoms with Crippen LogP contribution in [-0.2, 0) is 9.59 Å². The Labute approximate surface area is 136 Å². The Morgan fingerprint density at radius 3 is 2.78 bits per heavy atom. The van der Waals surface area contributed by atoms with Crippen LogP contribution in [0.3, 0.4) is 0 Å². The van der Waals surface area contributed by atoms with Crippen LogP contribution in [0.5, 0.6) is 0 Å². The molecular formula is C16H26N4O3. The van der Waals surface area contributed by atoms with Crippen LogP contribution in [0.25, 0.3) is 0 Å². The zero-order valence-corrected chi connectivity index (χ0v) is 14.2. The van der Waals surface area contributed by atoms with E-state index < -0.39 is 0 Å².